The first kappa shape index (κ1) is 17.8. The van der Waals surface area contributed by atoms with Gasteiger partial charge in [0.05, 0.1) is 0 Å². The van der Waals surface area contributed by atoms with E-state index in [4.69, 9.17) is 4.42 Å². The van der Waals surface area contributed by atoms with Crippen molar-refractivity contribution in [3.05, 3.63) is 53.3 Å². The number of nitriles is 1. The number of amides is 1. The smallest absolute Gasteiger partial charge is 0.266 e. The Morgan fingerprint density at radius 2 is 1.92 bits per heavy atom. The van der Waals surface area contributed by atoms with E-state index in [0.29, 0.717) is 11.4 Å². The molecule has 0 unspecified atom stereocenters. The van der Waals surface area contributed by atoms with Gasteiger partial charge in [-0.25, -0.2) is 0 Å². The summed E-state index contributed by atoms with van der Waals surface area (Å²) in [6.45, 7) is 6.18. The normalized spacial score (nSPS) is 15.6. The van der Waals surface area contributed by atoms with Crippen LogP contribution in [-0.2, 0) is 4.79 Å². The first-order valence-electron chi connectivity index (χ1n) is 8.90. The zero-order chi connectivity index (χ0) is 18.5. The Balaban J connectivity index is 1.69. The molecule has 5 heteroatoms. The van der Waals surface area contributed by atoms with Gasteiger partial charge in [-0.1, -0.05) is 24.6 Å². The molecule has 134 valence electrons. The lowest BCUT2D eigenvalue weighted by Gasteiger charge is -2.29. The number of benzene rings is 1. The molecule has 1 saturated heterocycles. The van der Waals surface area contributed by atoms with Crippen LogP contribution in [0.4, 0.5) is 11.6 Å². The Morgan fingerprint density at radius 1 is 1.23 bits per heavy atom. The predicted octanol–water partition coefficient (Wildman–Crippen LogP) is 4.37. The molecular formula is C21H23N3O2. The van der Waals surface area contributed by atoms with Gasteiger partial charge in [0.1, 0.15) is 17.4 Å². The fourth-order valence-electron chi connectivity index (χ4n) is 2.94. The summed E-state index contributed by atoms with van der Waals surface area (Å²) in [5, 5.41) is 12.1. The number of carbonyl (C=O) groups is 1. The van der Waals surface area contributed by atoms with Crippen molar-refractivity contribution in [2.75, 3.05) is 23.3 Å². The third kappa shape index (κ3) is 4.34. The van der Waals surface area contributed by atoms with E-state index in [1.165, 1.54) is 6.08 Å². The quantitative estimate of drug-likeness (QED) is 0.657. The van der Waals surface area contributed by atoms with Gasteiger partial charge in [0, 0.05) is 30.9 Å². The number of rotatable bonds is 4. The van der Waals surface area contributed by atoms with Crippen molar-refractivity contribution in [2.24, 2.45) is 5.92 Å². The van der Waals surface area contributed by atoms with Gasteiger partial charge in [-0.15, -0.1) is 0 Å². The third-order valence-corrected chi connectivity index (χ3v) is 4.67. The highest BCUT2D eigenvalue weighted by molar-refractivity contribution is 6.09. The molecule has 1 aromatic carbocycles. The van der Waals surface area contributed by atoms with Gasteiger partial charge >= 0.3 is 0 Å². The molecule has 2 aromatic rings. The summed E-state index contributed by atoms with van der Waals surface area (Å²) >= 11 is 0. The Kier molecular flexibility index (Phi) is 5.43. The van der Waals surface area contributed by atoms with E-state index in [9.17, 15) is 10.1 Å². The largest absolute Gasteiger partial charge is 0.441 e. The number of nitrogens with zero attached hydrogens (tertiary/aromatic N) is 2. The van der Waals surface area contributed by atoms with Crippen LogP contribution in [0.5, 0.6) is 0 Å². The molecule has 0 saturated carbocycles. The number of hydrogen-bond acceptors (Lipinski definition) is 4. The maximum Gasteiger partial charge on any atom is 0.266 e. The van der Waals surface area contributed by atoms with Crippen LogP contribution in [0.2, 0.25) is 0 Å². The van der Waals surface area contributed by atoms with Crippen molar-refractivity contribution in [1.29, 1.82) is 5.26 Å². The minimum absolute atomic E-state index is 0.0127. The highest BCUT2D eigenvalue weighted by Gasteiger charge is 2.18. The summed E-state index contributed by atoms with van der Waals surface area (Å²) in [6.07, 6.45) is 3.78. The van der Waals surface area contributed by atoms with Gasteiger partial charge in [0.25, 0.3) is 5.91 Å². The van der Waals surface area contributed by atoms with E-state index in [1.54, 1.807) is 6.07 Å². The van der Waals surface area contributed by atoms with Crippen LogP contribution >= 0.6 is 0 Å². The number of piperidine rings is 1. The van der Waals surface area contributed by atoms with Crippen LogP contribution in [0.25, 0.3) is 6.08 Å². The van der Waals surface area contributed by atoms with Gasteiger partial charge in [0.2, 0.25) is 0 Å². The van der Waals surface area contributed by atoms with E-state index < -0.39 is 5.91 Å². The molecule has 2 heterocycles. The topological polar surface area (TPSA) is 69.3 Å². The lowest BCUT2D eigenvalue weighted by molar-refractivity contribution is -0.112. The summed E-state index contributed by atoms with van der Waals surface area (Å²) < 4.78 is 5.83. The molecular weight excluding hydrogens is 326 g/mol. The van der Waals surface area contributed by atoms with Crippen molar-refractivity contribution < 1.29 is 9.21 Å². The summed E-state index contributed by atoms with van der Waals surface area (Å²) in [4.78, 5) is 14.5. The van der Waals surface area contributed by atoms with E-state index in [0.717, 1.165) is 43.3 Å². The van der Waals surface area contributed by atoms with Crippen LogP contribution in [0.15, 0.2) is 46.4 Å². The maximum atomic E-state index is 12.3. The van der Waals surface area contributed by atoms with Crippen molar-refractivity contribution in [1.82, 2.24) is 0 Å². The molecule has 1 amide bonds. The van der Waals surface area contributed by atoms with Crippen molar-refractivity contribution in [3.8, 4) is 6.07 Å². The molecule has 26 heavy (non-hydrogen) atoms. The molecule has 1 fully saturated rings. The number of anilines is 2. The highest BCUT2D eigenvalue weighted by Crippen LogP contribution is 2.26. The summed E-state index contributed by atoms with van der Waals surface area (Å²) in [6, 6.07) is 13.1. The highest BCUT2D eigenvalue weighted by atomic mass is 16.4. The molecule has 1 aromatic heterocycles. The lowest BCUT2D eigenvalue weighted by Crippen LogP contribution is -2.32. The van der Waals surface area contributed by atoms with Gasteiger partial charge in [-0.05, 0) is 43.9 Å². The third-order valence-electron chi connectivity index (χ3n) is 4.67. The van der Waals surface area contributed by atoms with Gasteiger partial charge in [-0.3, -0.25) is 4.79 Å². The molecule has 0 spiro atoms. The molecule has 0 radical (unpaired) electrons. The zero-order valence-corrected chi connectivity index (χ0v) is 15.2. The molecule has 0 bridgehead atoms. The second kappa shape index (κ2) is 7.92. The Hall–Kier alpha value is -3.00. The lowest BCUT2D eigenvalue weighted by atomic mass is 9.99. The van der Waals surface area contributed by atoms with E-state index in [-0.39, 0.29) is 5.57 Å². The fourth-order valence-corrected chi connectivity index (χ4v) is 2.94. The monoisotopic (exact) mass is 349 g/mol. The molecule has 5 nitrogen and oxygen atoms in total. The van der Waals surface area contributed by atoms with Gasteiger partial charge in [-0.2, -0.15) is 5.26 Å². The standard InChI is InChI=1S/C21H23N3O2/c1-15-3-5-18(6-4-15)23-21(25)17(14-22)13-19-7-8-20(26-19)24-11-9-16(2)10-12-24/h3-8,13,16H,9-12H2,1-2H3,(H,23,25)/b17-13+. The summed E-state index contributed by atoms with van der Waals surface area (Å²) in [5.74, 6) is 1.60. The predicted molar refractivity (Wildman–Crippen MR) is 103 cm³/mol. The second-order valence-electron chi connectivity index (χ2n) is 6.84. The molecule has 1 N–H and O–H groups in total. The Morgan fingerprint density at radius 3 is 2.58 bits per heavy atom. The van der Waals surface area contributed by atoms with Gasteiger partial charge < -0.3 is 14.6 Å². The van der Waals surface area contributed by atoms with Crippen LogP contribution in [0.3, 0.4) is 0 Å². The van der Waals surface area contributed by atoms with E-state index >= 15 is 0 Å². The molecule has 3 rings (SSSR count). The first-order chi connectivity index (χ1) is 12.5. The zero-order valence-electron chi connectivity index (χ0n) is 15.2. The molecule has 0 aliphatic carbocycles. The minimum Gasteiger partial charge on any atom is -0.441 e. The van der Waals surface area contributed by atoms with Crippen LogP contribution in [-0.4, -0.2) is 19.0 Å². The number of hydrogen-bond donors (Lipinski definition) is 1. The summed E-state index contributed by atoms with van der Waals surface area (Å²) in [5.41, 5.74) is 1.78. The number of aryl methyl sites for hydroxylation is 1. The molecule has 1 aliphatic rings. The summed E-state index contributed by atoms with van der Waals surface area (Å²) in [7, 11) is 0. The number of nitrogens with one attached hydrogen (secondary N) is 1. The van der Waals surface area contributed by atoms with Crippen molar-refractivity contribution in [3.63, 3.8) is 0 Å². The maximum absolute atomic E-state index is 12.3. The van der Waals surface area contributed by atoms with Crippen LogP contribution in [0, 0.1) is 24.2 Å². The first-order valence-corrected chi connectivity index (χ1v) is 8.90. The van der Waals surface area contributed by atoms with Gasteiger partial charge in [0.15, 0.2) is 5.88 Å². The van der Waals surface area contributed by atoms with Crippen LogP contribution in [0.1, 0.15) is 31.1 Å². The number of carbonyl (C=O) groups excluding carboxylic acids is 1. The average Bonchev–Trinajstić information content (AvgIpc) is 3.11. The Labute approximate surface area is 153 Å². The van der Waals surface area contributed by atoms with E-state index in [2.05, 4.69) is 17.1 Å². The van der Waals surface area contributed by atoms with Crippen molar-refractivity contribution >= 4 is 23.6 Å². The van der Waals surface area contributed by atoms with Crippen molar-refractivity contribution in [2.45, 2.75) is 26.7 Å². The van der Waals surface area contributed by atoms with Crippen LogP contribution < -0.4 is 10.2 Å². The van der Waals surface area contributed by atoms with E-state index in [1.807, 2.05) is 43.3 Å². The molecule has 0 atom stereocenters. The minimum atomic E-state index is -0.443. The number of furan rings is 1. The second-order valence-corrected chi connectivity index (χ2v) is 6.84. The fraction of sp³-hybridized carbons (Fsp3) is 0.333. The Bertz CT molecular complexity index is 835. The SMILES string of the molecule is Cc1ccc(NC(=O)/C(C#N)=C/c2ccc(N3CCC(C)CC3)o2)cc1. The average molecular weight is 349 g/mol. The molecule has 1 aliphatic heterocycles.